The number of halogens is 3. The topological polar surface area (TPSA) is 124 Å². The summed E-state index contributed by atoms with van der Waals surface area (Å²) in [4.78, 5) is 41.0. The number of carbonyl (C=O) groups excluding carboxylic acids is 3. The summed E-state index contributed by atoms with van der Waals surface area (Å²) in [5, 5.41) is 2.34. The number of benzene rings is 2. The Labute approximate surface area is 218 Å². The second-order valence-corrected chi connectivity index (χ2v) is 11.1. The van der Waals surface area contributed by atoms with Crippen molar-refractivity contribution < 1.29 is 40.5 Å². The van der Waals surface area contributed by atoms with E-state index in [0.717, 1.165) is 39.8 Å². The van der Waals surface area contributed by atoms with Crippen molar-refractivity contribution in [3.63, 3.8) is 0 Å². The number of alkyl halides is 3. The molecule has 2 aromatic carbocycles. The van der Waals surface area contributed by atoms with Crippen molar-refractivity contribution in [3.8, 4) is 0 Å². The van der Waals surface area contributed by atoms with Gasteiger partial charge >= 0.3 is 6.18 Å². The van der Waals surface area contributed by atoms with Crippen LogP contribution in [0.2, 0.25) is 0 Å². The summed E-state index contributed by atoms with van der Waals surface area (Å²) in [6.45, 7) is -0.974. The Morgan fingerprint density at radius 3 is 2.43 bits per heavy atom. The molecule has 9 nitrogen and oxygen atoms in total. The van der Waals surface area contributed by atoms with Crippen molar-refractivity contribution >= 4 is 73.1 Å². The molecule has 2 heterocycles. The summed E-state index contributed by atoms with van der Waals surface area (Å²) >= 11 is 5.93. The van der Waals surface area contributed by atoms with E-state index in [9.17, 15) is 36.0 Å². The van der Waals surface area contributed by atoms with Crippen molar-refractivity contribution in [1.29, 1.82) is 0 Å². The molecule has 0 unspecified atom stereocenters. The summed E-state index contributed by atoms with van der Waals surface area (Å²) in [5.41, 5.74) is -0.486. The van der Waals surface area contributed by atoms with E-state index in [4.69, 9.17) is 16.8 Å². The summed E-state index contributed by atoms with van der Waals surface area (Å²) < 4.78 is 70.1. The number of thioether (sulfide) groups is 1. The molecule has 0 radical (unpaired) electrons. The molecule has 0 atom stereocenters. The summed E-state index contributed by atoms with van der Waals surface area (Å²) in [6.07, 6.45) is -4.60. The molecule has 2 aromatic rings. The molecule has 0 saturated carbocycles. The first-order valence-corrected chi connectivity index (χ1v) is 13.2. The number of anilines is 2. The quantitative estimate of drug-likeness (QED) is 0.308. The minimum absolute atomic E-state index is 0.0119. The van der Waals surface area contributed by atoms with Gasteiger partial charge in [0.05, 0.1) is 27.5 Å². The number of hydrogen-bond donors (Lipinski definition) is 2. The summed E-state index contributed by atoms with van der Waals surface area (Å²) in [5.74, 6) is -2.97. The first-order valence-electron chi connectivity index (χ1n) is 10.4. The van der Waals surface area contributed by atoms with Gasteiger partial charge in [0.2, 0.25) is 5.91 Å². The van der Waals surface area contributed by atoms with Crippen LogP contribution >= 0.6 is 24.0 Å². The molecule has 1 fully saturated rings. The molecule has 2 aliphatic rings. The highest BCUT2D eigenvalue weighted by Gasteiger charge is 2.42. The second kappa shape index (κ2) is 9.89. The van der Waals surface area contributed by atoms with Crippen molar-refractivity contribution in [2.45, 2.75) is 6.18 Å². The SMILES string of the molecule is O=C(CN1C(=O)C(=C2SC(=S)N(CCS(=O)(=O)O)C2=O)c2ccccc21)Nc1cccc(C(F)(F)F)c1. The summed E-state index contributed by atoms with van der Waals surface area (Å²) in [7, 11) is -4.37. The molecule has 1 saturated heterocycles. The van der Waals surface area contributed by atoms with Crippen LogP contribution in [0, 0.1) is 0 Å². The first-order chi connectivity index (χ1) is 17.3. The molecule has 15 heteroatoms. The van der Waals surface area contributed by atoms with Crippen LogP contribution in [0.25, 0.3) is 5.57 Å². The van der Waals surface area contributed by atoms with E-state index in [1.54, 1.807) is 18.2 Å². The third-order valence-electron chi connectivity index (χ3n) is 5.35. The monoisotopic (exact) mass is 571 g/mol. The third kappa shape index (κ3) is 5.69. The van der Waals surface area contributed by atoms with E-state index in [0.29, 0.717) is 11.3 Å². The highest BCUT2D eigenvalue weighted by Crippen LogP contribution is 2.44. The van der Waals surface area contributed by atoms with E-state index < -0.39 is 58.4 Å². The van der Waals surface area contributed by atoms with E-state index >= 15 is 0 Å². The number of carbonyl (C=O) groups is 3. The molecule has 2 N–H and O–H groups in total. The molecule has 4 rings (SSSR count). The molecular formula is C22H16F3N3O6S3. The number of amides is 3. The number of nitrogens with zero attached hydrogens (tertiary/aromatic N) is 2. The van der Waals surface area contributed by atoms with Crippen LogP contribution < -0.4 is 10.2 Å². The zero-order valence-electron chi connectivity index (χ0n) is 18.5. The minimum Gasteiger partial charge on any atom is -0.325 e. The lowest BCUT2D eigenvalue weighted by molar-refractivity contribution is -0.137. The predicted octanol–water partition coefficient (Wildman–Crippen LogP) is 3.15. The number of hydrogen-bond acceptors (Lipinski definition) is 7. The average Bonchev–Trinajstić information content (AvgIpc) is 3.23. The summed E-state index contributed by atoms with van der Waals surface area (Å²) in [6, 6.07) is 10.3. The number of fused-ring (bicyclic) bond motifs is 1. The fraction of sp³-hybridized carbons (Fsp3) is 0.182. The Morgan fingerprint density at radius 1 is 1.05 bits per heavy atom. The van der Waals surface area contributed by atoms with Crippen molar-refractivity contribution in [2.75, 3.05) is 29.1 Å². The van der Waals surface area contributed by atoms with Crippen molar-refractivity contribution in [3.05, 3.63) is 64.6 Å². The van der Waals surface area contributed by atoms with Gasteiger partial charge in [0, 0.05) is 17.8 Å². The Hall–Kier alpha value is -3.27. The average molecular weight is 572 g/mol. The van der Waals surface area contributed by atoms with Crippen molar-refractivity contribution in [2.24, 2.45) is 0 Å². The molecular weight excluding hydrogens is 555 g/mol. The molecule has 0 spiro atoms. The molecule has 0 aromatic heterocycles. The lowest BCUT2D eigenvalue weighted by atomic mass is 10.1. The van der Waals surface area contributed by atoms with Gasteiger partial charge in [-0.25, -0.2) is 0 Å². The molecule has 194 valence electrons. The standard InChI is InChI=1S/C22H16F3N3O6S3/c23-22(24,25)12-4-3-5-13(10-12)26-16(29)11-28-15-7-2-1-6-14(15)17(19(28)30)18-20(31)27(21(35)36-18)8-9-37(32,33)34/h1-7,10H,8-9,11H2,(H,26,29)(H,32,33,34). The molecule has 2 aliphatic heterocycles. The minimum atomic E-state index is -4.60. The van der Waals surface area contributed by atoms with Crippen LogP contribution in [0.15, 0.2) is 53.4 Å². The molecule has 37 heavy (non-hydrogen) atoms. The van der Waals surface area contributed by atoms with Gasteiger partial charge in [-0.1, -0.05) is 48.2 Å². The van der Waals surface area contributed by atoms with E-state index in [2.05, 4.69) is 5.32 Å². The largest absolute Gasteiger partial charge is 0.416 e. The number of thiocarbonyl (C=S) groups is 1. The Morgan fingerprint density at radius 2 is 1.76 bits per heavy atom. The van der Waals surface area contributed by atoms with Crippen LogP contribution in [0.4, 0.5) is 24.5 Å². The highest BCUT2D eigenvalue weighted by atomic mass is 32.2. The normalized spacial score (nSPS) is 18.0. The van der Waals surface area contributed by atoms with Gasteiger partial charge < -0.3 is 5.32 Å². The van der Waals surface area contributed by atoms with Gasteiger partial charge in [0.1, 0.15) is 10.9 Å². The maximum atomic E-state index is 13.4. The van der Waals surface area contributed by atoms with Gasteiger partial charge in [-0.3, -0.25) is 28.7 Å². The number of nitrogens with one attached hydrogen (secondary N) is 1. The zero-order valence-corrected chi connectivity index (χ0v) is 20.9. The van der Waals surface area contributed by atoms with Gasteiger partial charge in [-0.2, -0.15) is 21.6 Å². The predicted molar refractivity (Wildman–Crippen MR) is 134 cm³/mol. The van der Waals surface area contributed by atoms with Gasteiger partial charge in [-0.15, -0.1) is 0 Å². The lowest BCUT2D eigenvalue weighted by Crippen LogP contribution is -2.36. The van der Waals surface area contributed by atoms with Crippen LogP contribution in [-0.2, 0) is 30.7 Å². The van der Waals surface area contributed by atoms with Gasteiger partial charge in [0.15, 0.2) is 0 Å². The third-order valence-corrected chi connectivity index (χ3v) is 7.49. The van der Waals surface area contributed by atoms with E-state index in [1.807, 2.05) is 0 Å². The lowest BCUT2D eigenvalue weighted by Gasteiger charge is -2.17. The Balaban J connectivity index is 1.60. The van der Waals surface area contributed by atoms with E-state index in [-0.39, 0.29) is 20.5 Å². The maximum absolute atomic E-state index is 13.4. The molecule has 0 aliphatic carbocycles. The second-order valence-electron chi connectivity index (χ2n) is 7.85. The fourth-order valence-electron chi connectivity index (χ4n) is 3.72. The van der Waals surface area contributed by atoms with E-state index in [1.165, 1.54) is 12.1 Å². The highest BCUT2D eigenvalue weighted by molar-refractivity contribution is 8.26. The van der Waals surface area contributed by atoms with Crippen molar-refractivity contribution in [1.82, 2.24) is 4.90 Å². The zero-order chi connectivity index (χ0) is 27.1. The smallest absolute Gasteiger partial charge is 0.325 e. The molecule has 3 amide bonds. The Kier molecular flexibility index (Phi) is 7.16. The van der Waals surface area contributed by atoms with Crippen LogP contribution in [0.5, 0.6) is 0 Å². The molecule has 0 bridgehead atoms. The Bertz CT molecular complexity index is 1470. The van der Waals surface area contributed by atoms with Crippen LogP contribution in [0.1, 0.15) is 11.1 Å². The van der Waals surface area contributed by atoms with Crippen LogP contribution in [0.3, 0.4) is 0 Å². The fourth-order valence-corrected chi connectivity index (χ4v) is 5.52. The number of para-hydroxylation sites is 1. The van der Waals surface area contributed by atoms with Gasteiger partial charge in [0.25, 0.3) is 21.9 Å². The number of rotatable bonds is 6. The van der Waals surface area contributed by atoms with Gasteiger partial charge in [-0.05, 0) is 24.3 Å². The maximum Gasteiger partial charge on any atom is 0.416 e. The van der Waals surface area contributed by atoms with Crippen LogP contribution in [-0.4, -0.2) is 58.8 Å². The first kappa shape index (κ1) is 26.8.